The van der Waals surface area contributed by atoms with Crippen molar-refractivity contribution in [2.75, 3.05) is 24.9 Å². The van der Waals surface area contributed by atoms with E-state index in [2.05, 4.69) is 24.0 Å². The van der Waals surface area contributed by atoms with Gasteiger partial charge in [0.15, 0.2) is 5.13 Å². The highest BCUT2D eigenvalue weighted by molar-refractivity contribution is 7.99. The SMILES string of the molecule is CCSc1ccc(CC(=O)N(Cc2ccccn2)c2nc3c(OC)ccc(OC)c3s2)cc1. The Hall–Kier alpha value is -3.10. The summed E-state index contributed by atoms with van der Waals surface area (Å²) in [7, 11) is 3.23. The van der Waals surface area contributed by atoms with Crippen LogP contribution >= 0.6 is 23.1 Å². The van der Waals surface area contributed by atoms with Crippen LogP contribution in [0.2, 0.25) is 0 Å². The highest BCUT2D eigenvalue weighted by atomic mass is 32.2. The fourth-order valence-corrected chi connectivity index (χ4v) is 5.20. The minimum atomic E-state index is -0.0477. The fourth-order valence-electron chi connectivity index (χ4n) is 3.45. The standard InChI is InChI=1S/C25H25N3O3S2/c1-4-32-19-10-8-17(9-11-19)15-22(29)28(16-18-7-5-6-14-26-18)25-27-23-20(30-2)12-13-21(31-3)24(23)33-25/h5-14H,4,15-16H2,1-3H3. The number of thioether (sulfide) groups is 1. The second kappa shape index (κ2) is 10.7. The van der Waals surface area contributed by atoms with Crippen molar-refractivity contribution in [2.24, 2.45) is 0 Å². The van der Waals surface area contributed by atoms with Gasteiger partial charge < -0.3 is 9.47 Å². The minimum Gasteiger partial charge on any atom is -0.495 e. The molecule has 0 aliphatic heterocycles. The largest absolute Gasteiger partial charge is 0.495 e. The van der Waals surface area contributed by atoms with E-state index < -0.39 is 0 Å². The van der Waals surface area contributed by atoms with Crippen molar-refractivity contribution >= 4 is 44.4 Å². The Morgan fingerprint density at radius 2 is 1.79 bits per heavy atom. The van der Waals surface area contributed by atoms with E-state index >= 15 is 0 Å². The summed E-state index contributed by atoms with van der Waals surface area (Å²) in [6.07, 6.45) is 2.00. The van der Waals surface area contributed by atoms with E-state index in [0.717, 1.165) is 21.7 Å². The van der Waals surface area contributed by atoms with Crippen molar-refractivity contribution in [3.8, 4) is 11.5 Å². The van der Waals surface area contributed by atoms with E-state index in [9.17, 15) is 4.79 Å². The molecule has 33 heavy (non-hydrogen) atoms. The lowest BCUT2D eigenvalue weighted by atomic mass is 10.1. The van der Waals surface area contributed by atoms with E-state index in [1.54, 1.807) is 37.1 Å². The van der Waals surface area contributed by atoms with E-state index in [1.165, 1.54) is 16.2 Å². The fraction of sp³-hybridized carbons (Fsp3) is 0.240. The van der Waals surface area contributed by atoms with Crippen molar-refractivity contribution in [1.82, 2.24) is 9.97 Å². The summed E-state index contributed by atoms with van der Waals surface area (Å²) >= 11 is 3.19. The number of anilines is 1. The molecule has 2 aromatic heterocycles. The van der Waals surface area contributed by atoms with Crippen LogP contribution in [0.3, 0.4) is 0 Å². The normalized spacial score (nSPS) is 10.9. The molecule has 4 rings (SSSR count). The predicted molar refractivity (Wildman–Crippen MR) is 135 cm³/mol. The lowest BCUT2D eigenvalue weighted by Crippen LogP contribution is -2.32. The number of carbonyl (C=O) groups excluding carboxylic acids is 1. The zero-order valence-corrected chi connectivity index (χ0v) is 20.4. The van der Waals surface area contributed by atoms with E-state index in [1.807, 2.05) is 42.5 Å². The summed E-state index contributed by atoms with van der Waals surface area (Å²) in [5, 5.41) is 0.585. The van der Waals surface area contributed by atoms with Crippen LogP contribution in [0.4, 0.5) is 5.13 Å². The van der Waals surface area contributed by atoms with Gasteiger partial charge in [0.2, 0.25) is 5.91 Å². The molecule has 2 heterocycles. The summed E-state index contributed by atoms with van der Waals surface area (Å²) in [6.45, 7) is 2.45. The number of methoxy groups -OCH3 is 2. The third-order valence-electron chi connectivity index (χ3n) is 5.07. The Bertz CT molecular complexity index is 1190. The Morgan fingerprint density at radius 1 is 1.03 bits per heavy atom. The lowest BCUT2D eigenvalue weighted by Gasteiger charge is -2.19. The summed E-state index contributed by atoms with van der Waals surface area (Å²) < 4.78 is 11.9. The third kappa shape index (κ3) is 5.29. The van der Waals surface area contributed by atoms with Gasteiger partial charge in [0.1, 0.15) is 21.7 Å². The molecule has 0 aliphatic rings. The summed E-state index contributed by atoms with van der Waals surface area (Å²) in [5.74, 6) is 2.31. The maximum absolute atomic E-state index is 13.5. The first-order chi connectivity index (χ1) is 16.1. The molecule has 0 saturated heterocycles. The van der Waals surface area contributed by atoms with Crippen LogP contribution in [-0.4, -0.2) is 35.8 Å². The lowest BCUT2D eigenvalue weighted by molar-refractivity contribution is -0.118. The Balaban J connectivity index is 1.69. The molecule has 0 radical (unpaired) electrons. The van der Waals surface area contributed by atoms with Crippen LogP contribution < -0.4 is 14.4 Å². The van der Waals surface area contributed by atoms with Crippen molar-refractivity contribution in [3.05, 3.63) is 72.1 Å². The van der Waals surface area contributed by atoms with Gasteiger partial charge in [-0.15, -0.1) is 11.8 Å². The summed E-state index contributed by atoms with van der Waals surface area (Å²) in [4.78, 5) is 25.6. The predicted octanol–water partition coefficient (Wildman–Crippen LogP) is 5.60. The molecule has 1 amide bonds. The zero-order valence-electron chi connectivity index (χ0n) is 18.8. The second-order valence-electron chi connectivity index (χ2n) is 7.20. The molecule has 0 aliphatic carbocycles. The van der Waals surface area contributed by atoms with Gasteiger partial charge >= 0.3 is 0 Å². The Labute approximate surface area is 201 Å². The molecular weight excluding hydrogens is 454 g/mol. The number of hydrogen-bond acceptors (Lipinski definition) is 7. The number of carbonyl (C=O) groups is 1. The highest BCUT2D eigenvalue weighted by Gasteiger charge is 2.23. The molecule has 0 atom stereocenters. The Kier molecular flexibility index (Phi) is 7.47. The van der Waals surface area contributed by atoms with Crippen LogP contribution in [0.1, 0.15) is 18.2 Å². The van der Waals surface area contributed by atoms with Gasteiger partial charge in [-0.3, -0.25) is 14.7 Å². The van der Waals surface area contributed by atoms with Gasteiger partial charge in [0.05, 0.1) is 32.9 Å². The number of nitrogens with zero attached hydrogens (tertiary/aromatic N) is 3. The van der Waals surface area contributed by atoms with Crippen LogP contribution in [0.25, 0.3) is 10.2 Å². The van der Waals surface area contributed by atoms with Crippen molar-refractivity contribution in [2.45, 2.75) is 24.8 Å². The molecule has 170 valence electrons. The van der Waals surface area contributed by atoms with E-state index in [-0.39, 0.29) is 12.3 Å². The topological polar surface area (TPSA) is 64.6 Å². The third-order valence-corrected chi connectivity index (χ3v) is 7.05. The van der Waals surface area contributed by atoms with Gasteiger partial charge in [-0.2, -0.15) is 0 Å². The average Bonchev–Trinajstić information content (AvgIpc) is 3.29. The Morgan fingerprint density at radius 3 is 2.45 bits per heavy atom. The van der Waals surface area contributed by atoms with Gasteiger partial charge in [-0.05, 0) is 47.7 Å². The van der Waals surface area contributed by atoms with E-state index in [4.69, 9.17) is 14.5 Å². The van der Waals surface area contributed by atoms with Crippen molar-refractivity contribution < 1.29 is 14.3 Å². The number of aromatic nitrogens is 2. The number of rotatable bonds is 9. The molecule has 0 N–H and O–H groups in total. The number of amides is 1. The van der Waals surface area contributed by atoms with Crippen LogP contribution in [-0.2, 0) is 17.8 Å². The number of benzene rings is 2. The van der Waals surface area contributed by atoms with Gasteiger partial charge in [0, 0.05) is 11.1 Å². The van der Waals surface area contributed by atoms with Crippen LogP contribution in [0, 0.1) is 0 Å². The summed E-state index contributed by atoms with van der Waals surface area (Å²) in [6, 6.07) is 17.5. The average molecular weight is 480 g/mol. The van der Waals surface area contributed by atoms with Gasteiger partial charge in [-0.25, -0.2) is 4.98 Å². The minimum absolute atomic E-state index is 0.0477. The molecule has 0 unspecified atom stereocenters. The molecule has 0 spiro atoms. The number of fused-ring (bicyclic) bond motifs is 1. The number of pyridine rings is 1. The first-order valence-corrected chi connectivity index (χ1v) is 12.4. The molecule has 0 saturated carbocycles. The second-order valence-corrected chi connectivity index (χ2v) is 9.51. The molecule has 2 aromatic carbocycles. The van der Waals surface area contributed by atoms with Crippen LogP contribution in [0.15, 0.2) is 65.7 Å². The zero-order chi connectivity index (χ0) is 23.2. The molecule has 0 fully saturated rings. The maximum Gasteiger partial charge on any atom is 0.233 e. The molecule has 4 aromatic rings. The van der Waals surface area contributed by atoms with E-state index in [0.29, 0.717) is 28.7 Å². The molecule has 8 heteroatoms. The highest BCUT2D eigenvalue weighted by Crippen LogP contribution is 2.40. The van der Waals surface area contributed by atoms with Gasteiger partial charge in [-0.1, -0.05) is 36.5 Å². The molecule has 6 nitrogen and oxygen atoms in total. The molecule has 0 bridgehead atoms. The number of thiazole rings is 1. The van der Waals surface area contributed by atoms with Crippen LogP contribution in [0.5, 0.6) is 11.5 Å². The monoisotopic (exact) mass is 479 g/mol. The first kappa shape index (κ1) is 23.1. The number of ether oxygens (including phenoxy) is 2. The van der Waals surface area contributed by atoms with Crippen molar-refractivity contribution in [1.29, 1.82) is 0 Å². The maximum atomic E-state index is 13.5. The first-order valence-electron chi connectivity index (χ1n) is 10.6. The smallest absolute Gasteiger partial charge is 0.233 e. The quantitative estimate of drug-likeness (QED) is 0.291. The number of hydrogen-bond donors (Lipinski definition) is 0. The van der Waals surface area contributed by atoms with Crippen molar-refractivity contribution in [3.63, 3.8) is 0 Å². The molecular formula is C25H25N3O3S2. The van der Waals surface area contributed by atoms with Gasteiger partial charge in [0.25, 0.3) is 0 Å². The summed E-state index contributed by atoms with van der Waals surface area (Å²) in [5.41, 5.74) is 2.43.